The molecule has 0 aromatic carbocycles. The molecule has 0 aromatic heterocycles. The van der Waals surface area contributed by atoms with Gasteiger partial charge in [-0.15, -0.1) is 0 Å². The summed E-state index contributed by atoms with van der Waals surface area (Å²) in [5, 5.41) is 17.0. The third-order valence-electron chi connectivity index (χ3n) is 1.33. The van der Waals surface area contributed by atoms with Crippen molar-refractivity contribution in [2.24, 2.45) is 5.73 Å². The minimum atomic E-state index is -0.764. The van der Waals surface area contributed by atoms with Crippen molar-refractivity contribution in [3.05, 3.63) is 0 Å². The second kappa shape index (κ2) is 4.73. The molecule has 0 aliphatic carbocycles. The molecule has 0 spiro atoms. The van der Waals surface area contributed by atoms with Gasteiger partial charge >= 0.3 is 0 Å². The maximum absolute atomic E-state index is 8.50. The van der Waals surface area contributed by atoms with Crippen molar-refractivity contribution in [3.63, 3.8) is 0 Å². The highest BCUT2D eigenvalue weighted by Gasteiger charge is 2.19. The molecule has 0 rings (SSSR count). The van der Waals surface area contributed by atoms with Crippen LogP contribution in [0.2, 0.25) is 0 Å². The Morgan fingerprint density at radius 2 is 1.67 bits per heavy atom. The van der Waals surface area contributed by atoms with Crippen molar-refractivity contribution in [1.29, 1.82) is 0 Å². The summed E-state index contributed by atoms with van der Waals surface area (Å²) in [7, 11) is 0. The minimum absolute atomic E-state index is 0. The van der Waals surface area contributed by atoms with Gasteiger partial charge in [-0.05, 0) is 6.42 Å². The van der Waals surface area contributed by atoms with Gasteiger partial charge in [-0.2, -0.15) is 0 Å². The molecule has 0 aromatic rings. The van der Waals surface area contributed by atoms with Crippen molar-refractivity contribution in [3.8, 4) is 0 Å². The van der Waals surface area contributed by atoms with E-state index in [1.54, 1.807) is 0 Å². The molecular weight excluding hydrogens is 118 g/mol. The van der Waals surface area contributed by atoms with Gasteiger partial charge in [-0.25, -0.2) is 0 Å². The zero-order valence-electron chi connectivity index (χ0n) is 5.09. The Hall–Kier alpha value is -0.120. The highest BCUT2D eigenvalue weighted by atomic mass is 16.3. The van der Waals surface area contributed by atoms with E-state index in [2.05, 4.69) is 0 Å². The summed E-state index contributed by atoms with van der Waals surface area (Å²) in [5.74, 6) is 0. The first-order chi connectivity index (χ1) is 3.68. The van der Waals surface area contributed by atoms with E-state index in [-0.39, 0.29) is 20.6 Å². The normalized spacial score (nSPS) is 10.7. The average Bonchev–Trinajstić information content (AvgIpc) is 1.87. The fourth-order valence-electron chi connectivity index (χ4n) is 0.274. The molecule has 0 fully saturated rings. The van der Waals surface area contributed by atoms with Crippen molar-refractivity contribution < 1.29 is 10.2 Å². The first kappa shape index (κ1) is 11.6. The van der Waals surface area contributed by atoms with Crippen LogP contribution >= 0.6 is 0 Å². The fraction of sp³-hybridized carbons (Fsp3) is 1.00. The van der Waals surface area contributed by atoms with Gasteiger partial charge in [-0.3, -0.25) is 0 Å². The van der Waals surface area contributed by atoms with Gasteiger partial charge in [0.1, 0.15) is 0 Å². The predicted octanol–water partition coefficient (Wildman–Crippen LogP) is -0.285. The van der Waals surface area contributed by atoms with E-state index in [0.29, 0.717) is 6.42 Å². The first-order valence-electron chi connectivity index (χ1n) is 2.69. The molecular formula is C6H17NO2. The number of aliphatic hydroxyl groups is 2. The van der Waals surface area contributed by atoms with Crippen molar-refractivity contribution in [2.75, 3.05) is 13.2 Å². The van der Waals surface area contributed by atoms with Crippen LogP contribution in [-0.4, -0.2) is 29.0 Å². The fourth-order valence-corrected chi connectivity index (χ4v) is 0.274. The molecule has 0 heterocycles. The lowest BCUT2D eigenvalue weighted by Gasteiger charge is -2.21. The number of hydrogen-bond acceptors (Lipinski definition) is 3. The van der Waals surface area contributed by atoms with Gasteiger partial charge in [0.15, 0.2) is 0 Å². The minimum Gasteiger partial charge on any atom is -0.394 e. The quantitative estimate of drug-likeness (QED) is 0.498. The summed E-state index contributed by atoms with van der Waals surface area (Å²) < 4.78 is 0. The average molecular weight is 135 g/mol. The number of hydrogen-bond donors (Lipinski definition) is 3. The summed E-state index contributed by atoms with van der Waals surface area (Å²) in [6.45, 7) is 1.52. The summed E-state index contributed by atoms with van der Waals surface area (Å²) >= 11 is 0. The molecule has 0 aliphatic heterocycles. The van der Waals surface area contributed by atoms with E-state index in [1.807, 2.05) is 6.92 Å². The Labute approximate surface area is 56.5 Å². The van der Waals surface area contributed by atoms with E-state index in [1.165, 1.54) is 0 Å². The molecule has 0 bridgehead atoms. The van der Waals surface area contributed by atoms with Crippen LogP contribution in [0.4, 0.5) is 0 Å². The number of aliphatic hydroxyl groups excluding tert-OH is 2. The van der Waals surface area contributed by atoms with Gasteiger partial charge in [0.25, 0.3) is 0 Å². The van der Waals surface area contributed by atoms with Gasteiger partial charge in [0, 0.05) is 0 Å². The number of nitrogens with two attached hydrogens (primary N) is 1. The molecule has 0 atom stereocenters. The maximum atomic E-state index is 8.50. The van der Waals surface area contributed by atoms with E-state index < -0.39 is 5.54 Å². The second-order valence-corrected chi connectivity index (χ2v) is 2.03. The molecule has 4 N–H and O–H groups in total. The van der Waals surface area contributed by atoms with Gasteiger partial charge in [0.2, 0.25) is 0 Å². The zero-order chi connectivity index (χ0) is 6.62. The van der Waals surface area contributed by atoms with Crippen LogP contribution in [0.5, 0.6) is 0 Å². The summed E-state index contributed by atoms with van der Waals surface area (Å²) in [6.07, 6.45) is 0.597. The molecule has 0 amide bonds. The van der Waals surface area contributed by atoms with E-state index >= 15 is 0 Å². The Morgan fingerprint density at radius 3 is 1.67 bits per heavy atom. The van der Waals surface area contributed by atoms with Crippen LogP contribution < -0.4 is 5.73 Å². The highest BCUT2D eigenvalue weighted by Crippen LogP contribution is 2.01. The first-order valence-corrected chi connectivity index (χ1v) is 2.69. The lowest BCUT2D eigenvalue weighted by atomic mass is 10.0. The van der Waals surface area contributed by atoms with Crippen LogP contribution in [-0.2, 0) is 0 Å². The van der Waals surface area contributed by atoms with E-state index in [4.69, 9.17) is 15.9 Å². The molecule has 0 aliphatic rings. The second-order valence-electron chi connectivity index (χ2n) is 2.03. The van der Waals surface area contributed by atoms with Crippen LogP contribution in [0.25, 0.3) is 0 Å². The lowest BCUT2D eigenvalue weighted by Crippen LogP contribution is -2.46. The third-order valence-corrected chi connectivity index (χ3v) is 1.33. The summed E-state index contributed by atoms with van der Waals surface area (Å²) in [6, 6.07) is 0. The van der Waals surface area contributed by atoms with Gasteiger partial charge in [0.05, 0.1) is 18.8 Å². The van der Waals surface area contributed by atoms with Crippen molar-refractivity contribution >= 4 is 0 Å². The van der Waals surface area contributed by atoms with Crippen molar-refractivity contribution in [2.45, 2.75) is 26.3 Å². The van der Waals surface area contributed by atoms with Crippen LogP contribution in [0.15, 0.2) is 0 Å². The molecule has 9 heavy (non-hydrogen) atoms. The largest absolute Gasteiger partial charge is 0.394 e. The summed E-state index contributed by atoms with van der Waals surface area (Å²) in [5.41, 5.74) is 4.63. The molecule has 0 saturated carbocycles. The Bertz CT molecular complexity index is 53.8. The molecule has 0 radical (unpaired) electrons. The molecule has 58 valence electrons. The Kier molecular flexibility index (Phi) is 6.12. The van der Waals surface area contributed by atoms with Gasteiger partial charge in [-0.1, -0.05) is 14.4 Å². The maximum Gasteiger partial charge on any atom is 0.0633 e. The van der Waals surface area contributed by atoms with Crippen LogP contribution in [0, 0.1) is 0 Å². The summed E-state index contributed by atoms with van der Waals surface area (Å²) in [4.78, 5) is 0. The van der Waals surface area contributed by atoms with E-state index in [9.17, 15) is 0 Å². The Balaban J connectivity index is 0. The predicted molar refractivity (Wildman–Crippen MR) is 38.1 cm³/mol. The lowest BCUT2D eigenvalue weighted by molar-refractivity contribution is 0.118. The topological polar surface area (TPSA) is 66.5 Å². The Morgan fingerprint density at radius 1 is 1.33 bits per heavy atom. The van der Waals surface area contributed by atoms with Gasteiger partial charge < -0.3 is 15.9 Å². The van der Waals surface area contributed by atoms with Crippen molar-refractivity contribution in [1.82, 2.24) is 0 Å². The van der Waals surface area contributed by atoms with Crippen LogP contribution in [0.1, 0.15) is 20.8 Å². The SMILES string of the molecule is C.CCC(N)(CO)CO. The molecule has 3 heteroatoms. The molecule has 0 saturated heterocycles. The standard InChI is InChI=1S/C5H13NO2.CH4/c1-2-5(6,3-7)4-8;/h7-8H,2-4,6H2,1H3;1H4. The van der Waals surface area contributed by atoms with E-state index in [0.717, 1.165) is 0 Å². The zero-order valence-corrected chi connectivity index (χ0v) is 5.09. The molecule has 0 unspecified atom stereocenters. The highest BCUT2D eigenvalue weighted by molar-refractivity contribution is 4.79. The monoisotopic (exact) mass is 135 g/mol. The third kappa shape index (κ3) is 3.46. The molecule has 3 nitrogen and oxygen atoms in total. The van der Waals surface area contributed by atoms with Crippen LogP contribution in [0.3, 0.4) is 0 Å². The smallest absolute Gasteiger partial charge is 0.0633 e. The number of rotatable bonds is 3.